The third kappa shape index (κ3) is 3.88. The molecule has 156 valence electrons. The minimum atomic E-state index is -0.639. The van der Waals surface area contributed by atoms with Crippen molar-refractivity contribution in [3.8, 4) is 5.69 Å². The van der Waals surface area contributed by atoms with Gasteiger partial charge in [0.15, 0.2) is 0 Å². The topological polar surface area (TPSA) is 116 Å². The molecule has 0 fully saturated rings. The first-order valence-corrected chi connectivity index (χ1v) is 10.0. The molecular formula is C21H16N4O5S. The van der Waals surface area contributed by atoms with Crippen LogP contribution in [0.2, 0.25) is 0 Å². The van der Waals surface area contributed by atoms with E-state index in [9.17, 15) is 24.5 Å². The Balaban J connectivity index is 1.78. The fraction of sp³-hybridized carbons (Fsp3) is 0.0952. The second-order valence-electron chi connectivity index (χ2n) is 6.78. The van der Waals surface area contributed by atoms with Crippen LogP contribution in [0.5, 0.6) is 0 Å². The summed E-state index contributed by atoms with van der Waals surface area (Å²) in [6.45, 7) is 1.46. The van der Waals surface area contributed by atoms with E-state index in [2.05, 4.69) is 5.32 Å². The highest BCUT2D eigenvalue weighted by molar-refractivity contribution is 7.18. The van der Waals surface area contributed by atoms with Gasteiger partial charge in [-0.15, -0.1) is 11.3 Å². The van der Waals surface area contributed by atoms with Gasteiger partial charge in [-0.1, -0.05) is 24.3 Å². The fourth-order valence-electron chi connectivity index (χ4n) is 3.26. The Bertz CT molecular complexity index is 1440. The summed E-state index contributed by atoms with van der Waals surface area (Å²) in [6, 6.07) is 15.7. The normalized spacial score (nSPS) is 10.9. The van der Waals surface area contributed by atoms with Gasteiger partial charge in [-0.3, -0.25) is 24.3 Å². The van der Waals surface area contributed by atoms with Crippen molar-refractivity contribution in [2.24, 2.45) is 0 Å². The zero-order chi connectivity index (χ0) is 22.1. The number of benzene rings is 2. The number of nitrogens with zero attached hydrogens (tertiary/aromatic N) is 3. The Kier molecular flexibility index (Phi) is 5.22. The molecule has 0 saturated heterocycles. The minimum Gasteiger partial charge on any atom is -0.324 e. The second-order valence-corrected chi connectivity index (χ2v) is 8.01. The highest BCUT2D eigenvalue weighted by Gasteiger charge is 2.19. The van der Waals surface area contributed by atoms with Crippen LogP contribution >= 0.6 is 11.3 Å². The Morgan fingerprint density at radius 1 is 1.10 bits per heavy atom. The van der Waals surface area contributed by atoms with Gasteiger partial charge in [0.1, 0.15) is 11.4 Å². The number of hydrogen-bond acceptors (Lipinski definition) is 6. The third-order valence-corrected chi connectivity index (χ3v) is 5.67. The largest absolute Gasteiger partial charge is 0.337 e. The maximum Gasteiger partial charge on any atom is 0.337 e. The van der Waals surface area contributed by atoms with Crippen molar-refractivity contribution in [2.45, 2.75) is 13.5 Å². The fourth-order valence-corrected chi connectivity index (χ4v) is 4.25. The molecule has 31 heavy (non-hydrogen) atoms. The monoisotopic (exact) mass is 436 g/mol. The van der Waals surface area contributed by atoms with Gasteiger partial charge in [0.25, 0.3) is 11.2 Å². The predicted molar refractivity (Wildman–Crippen MR) is 118 cm³/mol. The number of fused-ring (bicyclic) bond motifs is 1. The van der Waals surface area contributed by atoms with Crippen molar-refractivity contribution < 1.29 is 9.72 Å². The molecule has 0 saturated carbocycles. The van der Waals surface area contributed by atoms with Crippen molar-refractivity contribution >= 4 is 38.8 Å². The molecule has 4 rings (SSSR count). The van der Waals surface area contributed by atoms with Gasteiger partial charge in [0, 0.05) is 22.7 Å². The van der Waals surface area contributed by atoms with Crippen LogP contribution in [0.3, 0.4) is 0 Å². The average Bonchev–Trinajstić information content (AvgIpc) is 3.14. The molecule has 2 aromatic heterocycles. The van der Waals surface area contributed by atoms with Gasteiger partial charge in [-0.25, -0.2) is 9.36 Å². The molecule has 0 spiro atoms. The number of nitro groups is 1. The number of aryl methyl sites for hydroxylation is 1. The number of thiophene rings is 1. The molecule has 2 heterocycles. The Morgan fingerprint density at radius 3 is 2.55 bits per heavy atom. The molecule has 0 aliphatic rings. The quantitative estimate of drug-likeness (QED) is 0.381. The van der Waals surface area contributed by atoms with Gasteiger partial charge in [-0.2, -0.15) is 0 Å². The summed E-state index contributed by atoms with van der Waals surface area (Å²) in [4.78, 5) is 50.5. The predicted octanol–water partition coefficient (Wildman–Crippen LogP) is 3.07. The molecule has 1 N–H and O–H groups in total. The van der Waals surface area contributed by atoms with Gasteiger partial charge in [0.05, 0.1) is 16.0 Å². The summed E-state index contributed by atoms with van der Waals surface area (Å²) in [7, 11) is 0. The molecule has 0 atom stereocenters. The third-order valence-electron chi connectivity index (χ3n) is 4.59. The Morgan fingerprint density at radius 2 is 1.84 bits per heavy atom. The van der Waals surface area contributed by atoms with Crippen LogP contribution in [-0.2, 0) is 11.3 Å². The van der Waals surface area contributed by atoms with E-state index in [-0.39, 0.29) is 17.9 Å². The lowest BCUT2D eigenvalue weighted by molar-refractivity contribution is -0.384. The maximum absolute atomic E-state index is 13.2. The van der Waals surface area contributed by atoms with Crippen molar-refractivity contribution in [3.05, 3.63) is 96.5 Å². The molecule has 10 heteroatoms. The first kappa shape index (κ1) is 20.2. The van der Waals surface area contributed by atoms with E-state index in [0.717, 1.165) is 9.44 Å². The molecule has 0 aliphatic carbocycles. The Hall–Kier alpha value is -4.05. The lowest BCUT2D eigenvalue weighted by Crippen LogP contribution is -2.40. The summed E-state index contributed by atoms with van der Waals surface area (Å²) >= 11 is 1.25. The average molecular weight is 436 g/mol. The molecule has 1 amide bonds. The van der Waals surface area contributed by atoms with E-state index >= 15 is 0 Å². The van der Waals surface area contributed by atoms with Crippen molar-refractivity contribution in [3.63, 3.8) is 0 Å². The summed E-state index contributed by atoms with van der Waals surface area (Å²) in [5.74, 6) is -0.548. The van der Waals surface area contributed by atoms with E-state index in [4.69, 9.17) is 0 Å². The number of nitrogens with one attached hydrogen (secondary N) is 1. The van der Waals surface area contributed by atoms with Crippen molar-refractivity contribution in [1.29, 1.82) is 0 Å². The molecule has 0 unspecified atom stereocenters. The molecule has 0 bridgehead atoms. The van der Waals surface area contributed by atoms with E-state index in [1.54, 1.807) is 36.4 Å². The van der Waals surface area contributed by atoms with Crippen molar-refractivity contribution in [2.75, 3.05) is 5.32 Å². The minimum absolute atomic E-state index is 0.163. The van der Waals surface area contributed by atoms with E-state index < -0.39 is 22.1 Å². The van der Waals surface area contributed by atoms with Crippen molar-refractivity contribution in [1.82, 2.24) is 9.13 Å². The van der Waals surface area contributed by atoms with Crippen LogP contribution in [-0.4, -0.2) is 20.0 Å². The van der Waals surface area contributed by atoms with Crippen LogP contribution in [0.1, 0.15) is 4.88 Å². The van der Waals surface area contributed by atoms with Gasteiger partial charge in [-0.05, 0) is 31.2 Å². The molecule has 0 aliphatic heterocycles. The lowest BCUT2D eigenvalue weighted by atomic mass is 10.3. The number of aromatic nitrogens is 2. The number of hydrogen-bond donors (Lipinski definition) is 1. The number of non-ortho nitro benzene ring substituents is 1. The highest BCUT2D eigenvalue weighted by Crippen LogP contribution is 2.22. The summed E-state index contributed by atoms with van der Waals surface area (Å²) in [5.41, 5.74) is -0.618. The number of nitro benzene ring substituents is 1. The SMILES string of the molecule is Cc1cc2c(=O)n(-c3ccccc3)c(=O)n(CC(=O)Nc3cccc([N+](=O)[O-])c3)c2s1. The van der Waals surface area contributed by atoms with Gasteiger partial charge >= 0.3 is 5.69 Å². The van der Waals surface area contributed by atoms with Crippen LogP contribution in [0, 0.1) is 17.0 Å². The molecular weight excluding hydrogens is 420 g/mol. The molecule has 0 radical (unpaired) electrons. The van der Waals surface area contributed by atoms with Gasteiger partial charge < -0.3 is 5.32 Å². The zero-order valence-corrected chi connectivity index (χ0v) is 17.1. The molecule has 9 nitrogen and oxygen atoms in total. The summed E-state index contributed by atoms with van der Waals surface area (Å²) in [6.07, 6.45) is 0. The van der Waals surface area contributed by atoms with Crippen LogP contribution < -0.4 is 16.6 Å². The smallest absolute Gasteiger partial charge is 0.324 e. The summed E-state index contributed by atoms with van der Waals surface area (Å²) in [5, 5.41) is 13.9. The first-order chi connectivity index (χ1) is 14.8. The van der Waals surface area contributed by atoms with E-state index in [1.807, 2.05) is 6.92 Å². The van der Waals surface area contributed by atoms with Crippen LogP contribution in [0.15, 0.2) is 70.3 Å². The zero-order valence-electron chi connectivity index (χ0n) is 16.3. The Labute approximate surface area is 179 Å². The van der Waals surface area contributed by atoms with Gasteiger partial charge in [0.2, 0.25) is 5.91 Å². The van der Waals surface area contributed by atoms with E-state index in [0.29, 0.717) is 15.9 Å². The summed E-state index contributed by atoms with van der Waals surface area (Å²) < 4.78 is 2.28. The number of para-hydroxylation sites is 1. The standard InChI is InChI=1S/C21H16N4O5S/c1-13-10-17-19(27)24(15-7-3-2-4-8-15)21(28)23(20(17)31-13)12-18(26)22-14-6-5-9-16(11-14)25(29)30/h2-11H,12H2,1H3,(H,22,26). The number of amides is 1. The lowest BCUT2D eigenvalue weighted by Gasteiger charge is -2.12. The first-order valence-electron chi connectivity index (χ1n) is 9.21. The van der Waals surface area contributed by atoms with Crippen LogP contribution in [0.4, 0.5) is 11.4 Å². The maximum atomic E-state index is 13.2. The second kappa shape index (κ2) is 8.00. The highest BCUT2D eigenvalue weighted by atomic mass is 32.1. The van der Waals surface area contributed by atoms with E-state index in [1.165, 1.54) is 40.2 Å². The molecule has 2 aromatic carbocycles. The number of carbonyl (C=O) groups is 1. The number of carbonyl (C=O) groups excluding carboxylic acids is 1. The molecule has 4 aromatic rings. The number of rotatable bonds is 5. The number of anilines is 1. The van der Waals surface area contributed by atoms with Crippen LogP contribution in [0.25, 0.3) is 15.9 Å².